The second kappa shape index (κ2) is 11.3. The molecule has 8 aromatic carbocycles. The van der Waals surface area contributed by atoms with Gasteiger partial charge in [0.15, 0.2) is 0 Å². The van der Waals surface area contributed by atoms with E-state index >= 15 is 0 Å². The van der Waals surface area contributed by atoms with Crippen LogP contribution in [0.1, 0.15) is 0 Å². The zero-order valence-electron chi connectivity index (χ0n) is 28.0. The van der Waals surface area contributed by atoms with Crippen LogP contribution in [0.2, 0.25) is 0 Å². The van der Waals surface area contributed by atoms with Crippen molar-refractivity contribution in [2.75, 3.05) is 0 Å². The van der Waals surface area contributed by atoms with E-state index in [0.29, 0.717) is 0 Å². The van der Waals surface area contributed by atoms with Gasteiger partial charge in [-0.15, -0.1) is 0 Å². The summed E-state index contributed by atoms with van der Waals surface area (Å²) >= 11 is 0. The second-order valence-electron chi connectivity index (χ2n) is 13.5. The van der Waals surface area contributed by atoms with E-state index in [0.717, 1.165) is 105 Å². The SMILES string of the molecule is c1ccc(-c2nc3ccccc3c3c(-c4ccc(-c5ccc(-c6ccc7c(c6)oc6ccccc67)cc5)cc4)c4c(cc23)oc2ccccc24)cc1. The first-order valence-corrected chi connectivity index (χ1v) is 17.6. The monoisotopic (exact) mass is 663 g/mol. The van der Waals surface area contributed by atoms with Crippen molar-refractivity contribution in [1.29, 1.82) is 0 Å². The minimum atomic E-state index is 0.860. The number of pyridine rings is 1. The normalized spacial score (nSPS) is 11.8. The van der Waals surface area contributed by atoms with Gasteiger partial charge in [0.25, 0.3) is 0 Å². The molecule has 0 spiro atoms. The van der Waals surface area contributed by atoms with E-state index in [1.165, 1.54) is 5.39 Å². The number of nitrogens with zero attached hydrogens (tertiary/aromatic N) is 1. The van der Waals surface area contributed by atoms with Gasteiger partial charge in [-0.3, -0.25) is 0 Å². The third-order valence-corrected chi connectivity index (χ3v) is 10.5. The van der Waals surface area contributed by atoms with Gasteiger partial charge < -0.3 is 8.83 Å². The van der Waals surface area contributed by atoms with Gasteiger partial charge in [0.2, 0.25) is 0 Å². The van der Waals surface area contributed by atoms with E-state index in [2.05, 4.69) is 152 Å². The van der Waals surface area contributed by atoms with Crippen LogP contribution in [0, 0.1) is 0 Å². The summed E-state index contributed by atoms with van der Waals surface area (Å²) < 4.78 is 12.7. The highest BCUT2D eigenvalue weighted by atomic mass is 16.3. The molecule has 3 heterocycles. The summed E-state index contributed by atoms with van der Waals surface area (Å²) in [7, 11) is 0. The van der Waals surface area contributed by atoms with E-state index in [4.69, 9.17) is 13.8 Å². The number of para-hydroxylation sites is 3. The zero-order valence-corrected chi connectivity index (χ0v) is 28.0. The van der Waals surface area contributed by atoms with Crippen LogP contribution in [0.4, 0.5) is 0 Å². The van der Waals surface area contributed by atoms with Gasteiger partial charge in [-0.1, -0.05) is 140 Å². The molecule has 0 amide bonds. The summed E-state index contributed by atoms with van der Waals surface area (Å²) in [5.74, 6) is 0. The van der Waals surface area contributed by atoms with Crippen molar-refractivity contribution < 1.29 is 8.83 Å². The van der Waals surface area contributed by atoms with Crippen molar-refractivity contribution in [2.24, 2.45) is 0 Å². The van der Waals surface area contributed by atoms with Gasteiger partial charge in [-0.25, -0.2) is 4.98 Å². The maximum atomic E-state index is 6.57. The molecule has 0 fully saturated rings. The number of fused-ring (bicyclic) bond motifs is 9. The fourth-order valence-corrected chi connectivity index (χ4v) is 8.01. The lowest BCUT2D eigenvalue weighted by Crippen LogP contribution is -1.93. The Morgan fingerprint density at radius 3 is 1.60 bits per heavy atom. The molecule has 0 aliphatic heterocycles. The predicted octanol–water partition coefficient (Wildman–Crippen LogP) is 13.9. The first-order valence-electron chi connectivity index (χ1n) is 17.6. The minimum absolute atomic E-state index is 0.860. The van der Waals surface area contributed by atoms with E-state index in [1.807, 2.05) is 24.3 Å². The van der Waals surface area contributed by atoms with Crippen molar-refractivity contribution in [3.63, 3.8) is 0 Å². The Bertz CT molecular complexity index is 3150. The summed E-state index contributed by atoms with van der Waals surface area (Å²) in [4.78, 5) is 5.23. The molecule has 11 rings (SSSR count). The van der Waals surface area contributed by atoms with Crippen molar-refractivity contribution in [3.05, 3.63) is 176 Å². The number of rotatable bonds is 4. The quantitative estimate of drug-likeness (QED) is 0.176. The van der Waals surface area contributed by atoms with Gasteiger partial charge >= 0.3 is 0 Å². The number of hydrogen-bond donors (Lipinski definition) is 0. The molecule has 3 heteroatoms. The first kappa shape index (κ1) is 28.8. The second-order valence-corrected chi connectivity index (χ2v) is 13.5. The minimum Gasteiger partial charge on any atom is -0.456 e. The number of aromatic nitrogens is 1. The first-order chi connectivity index (χ1) is 25.8. The van der Waals surface area contributed by atoms with Crippen LogP contribution in [0.5, 0.6) is 0 Å². The van der Waals surface area contributed by atoms with E-state index in [-0.39, 0.29) is 0 Å². The summed E-state index contributed by atoms with van der Waals surface area (Å²) in [6.07, 6.45) is 0. The largest absolute Gasteiger partial charge is 0.456 e. The van der Waals surface area contributed by atoms with Crippen LogP contribution in [0.3, 0.4) is 0 Å². The topological polar surface area (TPSA) is 39.2 Å². The molecule has 0 saturated carbocycles. The van der Waals surface area contributed by atoms with Crippen molar-refractivity contribution in [1.82, 2.24) is 4.98 Å². The zero-order chi connectivity index (χ0) is 34.2. The highest BCUT2D eigenvalue weighted by Gasteiger charge is 2.21. The predicted molar refractivity (Wildman–Crippen MR) is 216 cm³/mol. The molecule has 0 aliphatic carbocycles. The van der Waals surface area contributed by atoms with Gasteiger partial charge in [0.05, 0.1) is 11.2 Å². The summed E-state index contributed by atoms with van der Waals surface area (Å²) in [6.45, 7) is 0. The van der Waals surface area contributed by atoms with Crippen LogP contribution in [-0.2, 0) is 0 Å². The molecule has 0 saturated heterocycles. The molecule has 242 valence electrons. The van der Waals surface area contributed by atoms with Crippen LogP contribution >= 0.6 is 0 Å². The fraction of sp³-hybridized carbons (Fsp3) is 0. The summed E-state index contributed by atoms with van der Waals surface area (Å²) in [6, 6.07) is 62.0. The van der Waals surface area contributed by atoms with E-state index in [1.54, 1.807) is 0 Å². The van der Waals surface area contributed by atoms with Crippen molar-refractivity contribution in [2.45, 2.75) is 0 Å². The van der Waals surface area contributed by atoms with E-state index < -0.39 is 0 Å². The fourth-order valence-electron chi connectivity index (χ4n) is 8.01. The highest BCUT2D eigenvalue weighted by molar-refractivity contribution is 6.27. The lowest BCUT2D eigenvalue weighted by molar-refractivity contribution is 0.669. The smallest absolute Gasteiger partial charge is 0.136 e. The number of benzene rings is 8. The third-order valence-electron chi connectivity index (χ3n) is 10.5. The Morgan fingerprint density at radius 1 is 0.308 bits per heavy atom. The molecular weight excluding hydrogens is 635 g/mol. The number of hydrogen-bond acceptors (Lipinski definition) is 3. The molecule has 0 aliphatic rings. The molecule has 52 heavy (non-hydrogen) atoms. The van der Waals surface area contributed by atoms with Gasteiger partial charge in [-0.2, -0.15) is 0 Å². The molecule has 0 unspecified atom stereocenters. The standard InChI is InChI=1S/C49H29NO2/c1-2-10-34(11-3-1)49-40-29-45-48(39-14-6-9-17-43(39)52-45)46(47(40)38-13-4-7-15-41(38)50-49)33-24-22-31(23-25-33)30-18-20-32(21-19-30)35-26-27-37-36-12-5-8-16-42(36)51-44(37)28-35/h1-29H. The molecule has 0 atom stereocenters. The third kappa shape index (κ3) is 4.43. The average Bonchev–Trinajstić information content (AvgIpc) is 3.78. The Morgan fingerprint density at radius 2 is 0.846 bits per heavy atom. The maximum absolute atomic E-state index is 6.57. The lowest BCUT2D eigenvalue weighted by atomic mass is 9.89. The highest BCUT2D eigenvalue weighted by Crippen LogP contribution is 2.46. The van der Waals surface area contributed by atoms with Crippen LogP contribution in [-0.4, -0.2) is 4.98 Å². The molecular formula is C49H29NO2. The Kier molecular flexibility index (Phi) is 6.25. The Balaban J connectivity index is 1.06. The Labute approximate surface area is 299 Å². The molecule has 0 bridgehead atoms. The van der Waals surface area contributed by atoms with E-state index in [9.17, 15) is 0 Å². The van der Waals surface area contributed by atoms with Crippen LogP contribution < -0.4 is 0 Å². The summed E-state index contributed by atoms with van der Waals surface area (Å²) in [5, 5.41) is 7.90. The lowest BCUT2D eigenvalue weighted by Gasteiger charge is -2.16. The van der Waals surface area contributed by atoms with Crippen LogP contribution in [0.15, 0.2) is 185 Å². The average molecular weight is 664 g/mol. The maximum Gasteiger partial charge on any atom is 0.136 e. The van der Waals surface area contributed by atoms with Gasteiger partial charge in [-0.05, 0) is 64.2 Å². The summed E-state index contributed by atoms with van der Waals surface area (Å²) in [5.41, 5.74) is 13.5. The molecule has 0 radical (unpaired) electrons. The molecule has 11 aromatic rings. The van der Waals surface area contributed by atoms with Crippen LogP contribution in [0.25, 0.3) is 110 Å². The Hall–Kier alpha value is -6.97. The van der Waals surface area contributed by atoms with Gasteiger partial charge in [0.1, 0.15) is 22.3 Å². The van der Waals surface area contributed by atoms with Gasteiger partial charge in [0, 0.05) is 48.8 Å². The number of furan rings is 2. The van der Waals surface area contributed by atoms with Crippen molar-refractivity contribution in [3.8, 4) is 44.6 Å². The molecule has 0 N–H and O–H groups in total. The molecule has 3 nitrogen and oxygen atoms in total. The molecule has 3 aromatic heterocycles. The van der Waals surface area contributed by atoms with Crippen molar-refractivity contribution >= 4 is 65.6 Å².